The molecule has 172 valence electrons. The van der Waals surface area contributed by atoms with Gasteiger partial charge in [-0.1, -0.05) is 6.07 Å². The average Bonchev–Trinajstić information content (AvgIpc) is 3.67. The number of thioether (sulfide) groups is 1. The number of halogens is 1. The van der Waals surface area contributed by atoms with Crippen molar-refractivity contribution >= 4 is 28.7 Å². The van der Waals surface area contributed by atoms with Crippen molar-refractivity contribution in [2.24, 2.45) is 5.92 Å². The fourth-order valence-electron chi connectivity index (χ4n) is 4.63. The lowest BCUT2D eigenvalue weighted by molar-refractivity contribution is -0.123. The summed E-state index contributed by atoms with van der Waals surface area (Å²) in [6.07, 6.45) is 7.43. The molecule has 0 unspecified atom stereocenters. The van der Waals surface area contributed by atoms with Crippen LogP contribution in [0.15, 0.2) is 51.0 Å². The number of carbonyl (C=O) groups is 1. The van der Waals surface area contributed by atoms with Crippen LogP contribution in [0.4, 0.5) is 4.39 Å². The molecule has 7 nitrogen and oxygen atoms in total. The van der Waals surface area contributed by atoms with Crippen LogP contribution in [0, 0.1) is 11.7 Å². The number of hydrogen-bond donors (Lipinski definition) is 1. The number of amides is 1. The molecule has 2 heterocycles. The Morgan fingerprint density at radius 1 is 1.12 bits per heavy atom. The minimum Gasteiger partial charge on any atom is -0.353 e. The monoisotopic (exact) mass is 468 g/mol. The van der Waals surface area contributed by atoms with Crippen LogP contribution in [0.5, 0.6) is 0 Å². The van der Waals surface area contributed by atoms with Crippen LogP contribution in [0.1, 0.15) is 44.6 Å². The van der Waals surface area contributed by atoms with Crippen LogP contribution in [-0.2, 0) is 4.79 Å². The van der Waals surface area contributed by atoms with Gasteiger partial charge in [-0.25, -0.2) is 18.7 Å². The summed E-state index contributed by atoms with van der Waals surface area (Å²) in [5, 5.41) is 3.17. The van der Waals surface area contributed by atoms with E-state index in [0.29, 0.717) is 31.4 Å². The van der Waals surface area contributed by atoms with Gasteiger partial charge in [-0.2, -0.15) is 0 Å². The first kappa shape index (κ1) is 21.9. The molecule has 9 heteroatoms. The molecule has 0 atom stereocenters. The molecule has 33 heavy (non-hydrogen) atoms. The number of benzene rings is 1. The van der Waals surface area contributed by atoms with Crippen LogP contribution in [0.2, 0.25) is 0 Å². The molecule has 2 saturated carbocycles. The largest absolute Gasteiger partial charge is 0.353 e. The first-order chi connectivity index (χ1) is 16.0. The van der Waals surface area contributed by atoms with Gasteiger partial charge in [0.15, 0.2) is 5.65 Å². The molecule has 0 radical (unpaired) electrons. The first-order valence-electron chi connectivity index (χ1n) is 11.2. The zero-order valence-electron chi connectivity index (χ0n) is 18.3. The third kappa shape index (κ3) is 4.21. The molecule has 2 aliphatic carbocycles. The zero-order valence-corrected chi connectivity index (χ0v) is 19.1. The van der Waals surface area contributed by atoms with Crippen LogP contribution in [0.25, 0.3) is 16.7 Å². The highest BCUT2D eigenvalue weighted by Gasteiger charge is 2.33. The normalized spacial score (nSPS) is 20.7. The van der Waals surface area contributed by atoms with Gasteiger partial charge in [-0.05, 0) is 69.0 Å². The summed E-state index contributed by atoms with van der Waals surface area (Å²) in [7, 11) is 0. The molecule has 2 fully saturated rings. The van der Waals surface area contributed by atoms with E-state index in [1.54, 1.807) is 6.07 Å². The maximum atomic E-state index is 14.0. The highest BCUT2D eigenvalue weighted by Crippen LogP contribution is 2.31. The molecule has 1 aromatic carbocycles. The second-order valence-corrected chi connectivity index (χ2v) is 9.69. The standard InChI is InChI=1S/C24H25FN4O3S/c1-33-19-4-2-3-18(12-19)28-21-20(11-15(25)13-26-21)23(31)29(24(28)32)17-9-7-16(8-10-17)27-22(30)14-5-6-14/h2-4,11-14,16-17H,5-10H2,1H3,(H,27,30). The molecule has 5 rings (SSSR count). The lowest BCUT2D eigenvalue weighted by atomic mass is 9.90. The van der Waals surface area contributed by atoms with E-state index in [-0.39, 0.29) is 34.9 Å². The van der Waals surface area contributed by atoms with E-state index in [1.165, 1.54) is 20.9 Å². The number of nitrogens with zero attached hydrogens (tertiary/aromatic N) is 3. The van der Waals surface area contributed by atoms with E-state index >= 15 is 0 Å². The SMILES string of the molecule is CSc1cccc(-n2c(=O)n(C3CCC(NC(=O)C4CC4)CC3)c(=O)c3cc(F)cnc32)c1. The zero-order chi connectivity index (χ0) is 23.1. The lowest BCUT2D eigenvalue weighted by Crippen LogP contribution is -2.45. The number of pyridine rings is 1. The molecule has 0 spiro atoms. The van der Waals surface area contributed by atoms with Gasteiger partial charge in [-0.3, -0.25) is 14.2 Å². The summed E-state index contributed by atoms with van der Waals surface area (Å²) in [5.41, 5.74) is -0.276. The van der Waals surface area contributed by atoms with Crippen molar-refractivity contribution in [1.29, 1.82) is 0 Å². The van der Waals surface area contributed by atoms with E-state index in [1.807, 2.05) is 24.5 Å². The molecule has 1 N–H and O–H groups in total. The second-order valence-electron chi connectivity index (χ2n) is 8.81. The number of hydrogen-bond acceptors (Lipinski definition) is 5. The Hall–Kier alpha value is -2.94. The second kappa shape index (κ2) is 8.78. The molecular formula is C24H25FN4O3S. The van der Waals surface area contributed by atoms with Gasteiger partial charge in [0.2, 0.25) is 5.91 Å². The lowest BCUT2D eigenvalue weighted by Gasteiger charge is -2.30. The molecule has 1 amide bonds. The Kier molecular flexibility index (Phi) is 5.82. The van der Waals surface area contributed by atoms with Gasteiger partial charge in [-0.15, -0.1) is 11.8 Å². The van der Waals surface area contributed by atoms with Gasteiger partial charge < -0.3 is 5.32 Å². The van der Waals surface area contributed by atoms with E-state index in [9.17, 15) is 18.8 Å². The third-order valence-corrected chi connectivity index (χ3v) is 7.28. The molecule has 3 aromatic rings. The number of rotatable bonds is 5. The van der Waals surface area contributed by atoms with Gasteiger partial charge in [0.25, 0.3) is 5.56 Å². The maximum absolute atomic E-state index is 14.0. The van der Waals surface area contributed by atoms with Crippen LogP contribution >= 0.6 is 11.8 Å². The maximum Gasteiger partial charge on any atom is 0.337 e. The Bertz CT molecular complexity index is 1340. The van der Waals surface area contributed by atoms with E-state index in [0.717, 1.165) is 30.0 Å². The van der Waals surface area contributed by atoms with E-state index < -0.39 is 17.1 Å². The van der Waals surface area contributed by atoms with Crippen molar-refractivity contribution in [3.63, 3.8) is 0 Å². The molecular weight excluding hydrogens is 443 g/mol. The predicted octanol–water partition coefficient (Wildman–Crippen LogP) is 3.42. The summed E-state index contributed by atoms with van der Waals surface area (Å²) >= 11 is 1.54. The Labute approximate surface area is 194 Å². The van der Waals surface area contributed by atoms with Crippen molar-refractivity contribution in [2.45, 2.75) is 55.5 Å². The van der Waals surface area contributed by atoms with E-state index in [4.69, 9.17) is 0 Å². The van der Waals surface area contributed by atoms with Crippen molar-refractivity contribution in [3.8, 4) is 5.69 Å². The Balaban J connectivity index is 1.56. The number of carbonyl (C=O) groups excluding carboxylic acids is 1. The summed E-state index contributed by atoms with van der Waals surface area (Å²) in [5.74, 6) is -0.364. The van der Waals surface area contributed by atoms with Crippen LogP contribution < -0.4 is 16.6 Å². The van der Waals surface area contributed by atoms with Gasteiger partial charge >= 0.3 is 5.69 Å². The third-order valence-electron chi connectivity index (χ3n) is 6.56. The van der Waals surface area contributed by atoms with Gasteiger partial charge in [0, 0.05) is 22.9 Å². The molecule has 2 aromatic heterocycles. The molecule has 0 saturated heterocycles. The number of fused-ring (bicyclic) bond motifs is 1. The highest BCUT2D eigenvalue weighted by molar-refractivity contribution is 7.98. The number of aromatic nitrogens is 3. The fraction of sp³-hybridized carbons (Fsp3) is 0.417. The molecule has 0 bridgehead atoms. The molecule has 0 aliphatic heterocycles. The summed E-state index contributed by atoms with van der Waals surface area (Å²) in [4.78, 5) is 44.2. The summed E-state index contributed by atoms with van der Waals surface area (Å²) in [6.45, 7) is 0. The smallest absolute Gasteiger partial charge is 0.337 e. The molecule has 2 aliphatic rings. The summed E-state index contributed by atoms with van der Waals surface area (Å²) < 4.78 is 16.7. The first-order valence-corrected chi connectivity index (χ1v) is 12.5. The highest BCUT2D eigenvalue weighted by atomic mass is 32.2. The van der Waals surface area contributed by atoms with Crippen molar-refractivity contribution < 1.29 is 9.18 Å². The Morgan fingerprint density at radius 3 is 2.58 bits per heavy atom. The topological polar surface area (TPSA) is 86.0 Å². The average molecular weight is 469 g/mol. The van der Waals surface area contributed by atoms with Crippen molar-refractivity contribution in [1.82, 2.24) is 19.4 Å². The minimum atomic E-state index is -0.624. The fourth-order valence-corrected chi connectivity index (χ4v) is 5.08. The van der Waals surface area contributed by atoms with Crippen LogP contribution in [-0.4, -0.2) is 32.3 Å². The van der Waals surface area contributed by atoms with Gasteiger partial charge in [0.05, 0.1) is 17.3 Å². The minimum absolute atomic E-state index is 0.0603. The Morgan fingerprint density at radius 2 is 1.88 bits per heavy atom. The quantitative estimate of drug-likeness (QED) is 0.580. The summed E-state index contributed by atoms with van der Waals surface area (Å²) in [6, 6.07) is 8.30. The predicted molar refractivity (Wildman–Crippen MR) is 125 cm³/mol. The van der Waals surface area contributed by atoms with Crippen molar-refractivity contribution in [3.05, 3.63) is 63.2 Å². The number of nitrogens with one attached hydrogen (secondary N) is 1. The van der Waals surface area contributed by atoms with Crippen molar-refractivity contribution in [2.75, 3.05) is 6.26 Å². The van der Waals surface area contributed by atoms with Gasteiger partial charge in [0.1, 0.15) is 5.82 Å². The van der Waals surface area contributed by atoms with E-state index in [2.05, 4.69) is 10.3 Å². The van der Waals surface area contributed by atoms with Crippen LogP contribution in [0.3, 0.4) is 0 Å².